The van der Waals surface area contributed by atoms with Crippen LogP contribution in [0.25, 0.3) is 11.0 Å². The molecule has 1 heterocycles. The third-order valence-corrected chi connectivity index (χ3v) is 4.09. The van der Waals surface area contributed by atoms with Crippen LogP contribution >= 0.6 is 11.6 Å². The minimum Gasteiger partial charge on any atom is -0.497 e. The summed E-state index contributed by atoms with van der Waals surface area (Å²) in [7, 11) is 1.53. The Hall–Kier alpha value is -2.99. The molecule has 0 bridgehead atoms. The number of halogens is 1. The standard InChI is InChI=1S/C19H16ClNO5/c1-11-14-7-4-8-15(20)18(14)26-17(11)19(23)25-10-16(22)21-12-5-3-6-13(9-12)24-2/h3-9H,10H2,1-2H3,(H,21,22). The fourth-order valence-electron chi connectivity index (χ4n) is 2.50. The number of fused-ring (bicyclic) bond motifs is 1. The zero-order valence-corrected chi connectivity index (χ0v) is 14.9. The van der Waals surface area contributed by atoms with E-state index in [0.717, 1.165) is 5.39 Å². The Kier molecular flexibility index (Phi) is 5.14. The quantitative estimate of drug-likeness (QED) is 0.678. The molecule has 1 N–H and O–H groups in total. The molecule has 3 aromatic rings. The van der Waals surface area contributed by atoms with Gasteiger partial charge >= 0.3 is 5.97 Å². The summed E-state index contributed by atoms with van der Waals surface area (Å²) >= 11 is 6.07. The molecule has 0 unspecified atom stereocenters. The lowest BCUT2D eigenvalue weighted by atomic mass is 10.1. The van der Waals surface area contributed by atoms with Crippen LogP contribution in [-0.2, 0) is 9.53 Å². The van der Waals surface area contributed by atoms with Gasteiger partial charge in [0.15, 0.2) is 12.2 Å². The number of ether oxygens (including phenoxy) is 2. The summed E-state index contributed by atoms with van der Waals surface area (Å²) in [4.78, 5) is 24.2. The van der Waals surface area contributed by atoms with Crippen LogP contribution < -0.4 is 10.1 Å². The van der Waals surface area contributed by atoms with Crippen molar-refractivity contribution in [3.05, 3.63) is 58.8 Å². The minimum atomic E-state index is -0.726. The molecule has 3 rings (SSSR count). The highest BCUT2D eigenvalue weighted by Crippen LogP contribution is 2.31. The lowest BCUT2D eigenvalue weighted by Crippen LogP contribution is -2.21. The maximum atomic E-state index is 12.2. The molecule has 0 saturated heterocycles. The highest BCUT2D eigenvalue weighted by molar-refractivity contribution is 6.35. The molecule has 2 aromatic carbocycles. The number of hydrogen-bond donors (Lipinski definition) is 1. The molecule has 0 aliphatic rings. The number of rotatable bonds is 5. The first-order valence-electron chi connectivity index (χ1n) is 7.78. The second-order valence-corrected chi connectivity index (χ2v) is 5.94. The van der Waals surface area contributed by atoms with E-state index in [0.29, 0.717) is 27.6 Å². The van der Waals surface area contributed by atoms with E-state index in [1.54, 1.807) is 49.4 Å². The van der Waals surface area contributed by atoms with Crippen LogP contribution in [0, 0.1) is 6.92 Å². The average Bonchev–Trinajstić information content (AvgIpc) is 2.98. The third-order valence-electron chi connectivity index (χ3n) is 3.79. The molecule has 1 aromatic heterocycles. The summed E-state index contributed by atoms with van der Waals surface area (Å²) in [5.41, 5.74) is 1.57. The number of para-hydroxylation sites is 1. The van der Waals surface area contributed by atoms with E-state index < -0.39 is 18.5 Å². The highest BCUT2D eigenvalue weighted by Gasteiger charge is 2.21. The van der Waals surface area contributed by atoms with Crippen molar-refractivity contribution in [2.75, 3.05) is 19.0 Å². The van der Waals surface area contributed by atoms with E-state index in [2.05, 4.69) is 5.32 Å². The summed E-state index contributed by atoms with van der Waals surface area (Å²) in [6.45, 7) is 1.29. The van der Waals surface area contributed by atoms with Crippen LogP contribution in [0.1, 0.15) is 16.1 Å². The van der Waals surface area contributed by atoms with E-state index in [1.165, 1.54) is 7.11 Å². The Bertz CT molecular complexity index is 979. The molecule has 1 amide bonds. The summed E-state index contributed by atoms with van der Waals surface area (Å²) < 4.78 is 15.7. The van der Waals surface area contributed by atoms with E-state index in [4.69, 9.17) is 25.5 Å². The van der Waals surface area contributed by atoms with Crippen LogP contribution in [0.4, 0.5) is 5.69 Å². The van der Waals surface area contributed by atoms with Gasteiger partial charge in [0, 0.05) is 22.7 Å². The number of nitrogens with one attached hydrogen (secondary N) is 1. The van der Waals surface area contributed by atoms with Crippen molar-refractivity contribution in [2.45, 2.75) is 6.92 Å². The Morgan fingerprint density at radius 1 is 1.19 bits per heavy atom. The predicted molar refractivity (Wildman–Crippen MR) is 97.9 cm³/mol. The van der Waals surface area contributed by atoms with Crippen LogP contribution in [0.3, 0.4) is 0 Å². The van der Waals surface area contributed by atoms with E-state index in [-0.39, 0.29) is 5.76 Å². The van der Waals surface area contributed by atoms with Gasteiger partial charge in [-0.1, -0.05) is 29.8 Å². The number of carbonyl (C=O) groups is 2. The number of anilines is 1. The largest absolute Gasteiger partial charge is 0.497 e. The van der Waals surface area contributed by atoms with Gasteiger partial charge in [-0.15, -0.1) is 0 Å². The molecule has 26 heavy (non-hydrogen) atoms. The molecule has 0 aliphatic heterocycles. The Morgan fingerprint density at radius 2 is 1.96 bits per heavy atom. The molecule has 0 atom stereocenters. The third kappa shape index (κ3) is 3.65. The SMILES string of the molecule is COc1cccc(NC(=O)COC(=O)c2oc3c(Cl)cccc3c2C)c1. The first-order chi connectivity index (χ1) is 12.5. The Labute approximate surface area is 154 Å². The van der Waals surface area contributed by atoms with Crippen LogP contribution in [0.5, 0.6) is 5.75 Å². The molecular formula is C19H16ClNO5. The van der Waals surface area contributed by atoms with Crippen molar-refractivity contribution in [3.8, 4) is 5.75 Å². The summed E-state index contributed by atoms with van der Waals surface area (Å²) in [5.74, 6) is -0.564. The van der Waals surface area contributed by atoms with Gasteiger partial charge in [-0.05, 0) is 25.1 Å². The molecule has 0 fully saturated rings. The van der Waals surface area contributed by atoms with Crippen molar-refractivity contribution in [2.24, 2.45) is 0 Å². The molecule has 0 radical (unpaired) electrons. The van der Waals surface area contributed by atoms with Crippen LogP contribution in [0.2, 0.25) is 5.02 Å². The fourth-order valence-corrected chi connectivity index (χ4v) is 2.71. The second-order valence-electron chi connectivity index (χ2n) is 5.53. The number of methoxy groups -OCH3 is 1. The van der Waals surface area contributed by atoms with Crippen molar-refractivity contribution < 1.29 is 23.5 Å². The van der Waals surface area contributed by atoms with Gasteiger partial charge in [0.2, 0.25) is 5.76 Å². The fraction of sp³-hybridized carbons (Fsp3) is 0.158. The number of furan rings is 1. The molecular weight excluding hydrogens is 358 g/mol. The maximum absolute atomic E-state index is 12.2. The van der Waals surface area contributed by atoms with Gasteiger partial charge < -0.3 is 19.2 Å². The normalized spacial score (nSPS) is 10.6. The topological polar surface area (TPSA) is 77.8 Å². The van der Waals surface area contributed by atoms with Crippen LogP contribution in [-0.4, -0.2) is 25.6 Å². The zero-order chi connectivity index (χ0) is 18.7. The first-order valence-corrected chi connectivity index (χ1v) is 8.16. The lowest BCUT2D eigenvalue weighted by molar-refractivity contribution is -0.119. The van der Waals surface area contributed by atoms with Crippen molar-refractivity contribution in [1.82, 2.24) is 0 Å². The summed E-state index contributed by atoms with van der Waals surface area (Å²) in [6, 6.07) is 12.1. The zero-order valence-electron chi connectivity index (χ0n) is 14.2. The van der Waals surface area contributed by atoms with Crippen molar-refractivity contribution >= 4 is 40.1 Å². The van der Waals surface area contributed by atoms with Gasteiger partial charge in [-0.2, -0.15) is 0 Å². The van der Waals surface area contributed by atoms with Crippen LogP contribution in [0.15, 0.2) is 46.9 Å². The Morgan fingerprint density at radius 3 is 2.69 bits per heavy atom. The number of amides is 1. The number of hydrogen-bond acceptors (Lipinski definition) is 5. The Balaban J connectivity index is 1.66. The predicted octanol–water partition coefficient (Wildman–Crippen LogP) is 4.20. The van der Waals surface area contributed by atoms with Gasteiger partial charge in [-0.25, -0.2) is 4.79 Å². The van der Waals surface area contributed by atoms with E-state index in [1.807, 2.05) is 0 Å². The molecule has 0 aliphatic carbocycles. The monoisotopic (exact) mass is 373 g/mol. The summed E-state index contributed by atoms with van der Waals surface area (Å²) in [5, 5.41) is 3.76. The first kappa shape index (κ1) is 17.8. The number of carbonyl (C=O) groups excluding carboxylic acids is 2. The van der Waals surface area contributed by atoms with Crippen molar-refractivity contribution in [3.63, 3.8) is 0 Å². The highest BCUT2D eigenvalue weighted by atomic mass is 35.5. The van der Waals surface area contributed by atoms with Gasteiger partial charge in [0.1, 0.15) is 5.75 Å². The lowest BCUT2D eigenvalue weighted by Gasteiger charge is -2.07. The number of esters is 1. The van der Waals surface area contributed by atoms with Gasteiger partial charge in [-0.3, -0.25) is 4.79 Å². The van der Waals surface area contributed by atoms with Gasteiger partial charge in [0.25, 0.3) is 5.91 Å². The second kappa shape index (κ2) is 7.49. The molecule has 6 nitrogen and oxygen atoms in total. The maximum Gasteiger partial charge on any atom is 0.375 e. The molecule has 134 valence electrons. The smallest absolute Gasteiger partial charge is 0.375 e. The van der Waals surface area contributed by atoms with E-state index in [9.17, 15) is 9.59 Å². The molecule has 0 saturated carbocycles. The molecule has 7 heteroatoms. The van der Waals surface area contributed by atoms with Gasteiger partial charge in [0.05, 0.1) is 12.1 Å². The minimum absolute atomic E-state index is 0.0299. The average molecular weight is 374 g/mol. The summed E-state index contributed by atoms with van der Waals surface area (Å²) in [6.07, 6.45) is 0. The molecule has 0 spiro atoms. The van der Waals surface area contributed by atoms with Crippen molar-refractivity contribution in [1.29, 1.82) is 0 Å². The van der Waals surface area contributed by atoms with E-state index >= 15 is 0 Å². The number of benzene rings is 2. The number of aryl methyl sites for hydroxylation is 1.